The maximum atomic E-state index is 2.44. The van der Waals surface area contributed by atoms with Crippen molar-refractivity contribution < 1.29 is 0 Å². The zero-order valence-electron chi connectivity index (χ0n) is 23.5. The predicted molar refractivity (Wildman–Crippen MR) is 184 cm³/mol. The zero-order valence-corrected chi connectivity index (χ0v) is 23.5. The lowest BCUT2D eigenvalue weighted by molar-refractivity contribution is 1.28. The fourth-order valence-corrected chi connectivity index (χ4v) is 6.88. The Balaban J connectivity index is 1.29. The third-order valence-electron chi connectivity index (χ3n) is 8.95. The van der Waals surface area contributed by atoms with Crippen LogP contribution in [0.3, 0.4) is 0 Å². The normalized spacial score (nSPS) is 12.1. The predicted octanol–water partition coefficient (Wildman–Crippen LogP) is 11.9. The standard InChI is InChI=1S/C42H27N/c1-2-13-35(14-3-1)43-40-16-8-15-38-36(34-20-18-29-10-5-7-12-31(29)26-34)23-24-39(42(38)40)37-22-21-33(27-41(37)43)32-19-17-28-9-4-6-11-30(28)25-32/h1-27H. The van der Waals surface area contributed by atoms with Crippen LogP contribution in [0.25, 0.3) is 65.7 Å². The van der Waals surface area contributed by atoms with Crippen LogP contribution in [0.5, 0.6) is 0 Å². The van der Waals surface area contributed by atoms with E-state index in [1.165, 1.54) is 77.1 Å². The molecule has 43 heavy (non-hydrogen) atoms. The minimum absolute atomic E-state index is 1.16. The van der Waals surface area contributed by atoms with E-state index in [1.54, 1.807) is 0 Å². The summed E-state index contributed by atoms with van der Waals surface area (Å²) in [7, 11) is 0. The van der Waals surface area contributed by atoms with Gasteiger partial charge in [0.05, 0.1) is 11.4 Å². The Morgan fingerprint density at radius 2 is 0.907 bits per heavy atom. The Labute approximate surface area is 250 Å². The molecule has 200 valence electrons. The Kier molecular flexibility index (Phi) is 5.27. The van der Waals surface area contributed by atoms with Gasteiger partial charge in [-0.3, -0.25) is 0 Å². The summed E-state index contributed by atoms with van der Waals surface area (Å²) in [6, 6.07) is 59.9. The van der Waals surface area contributed by atoms with Gasteiger partial charge in [0.25, 0.3) is 0 Å². The highest BCUT2D eigenvalue weighted by molar-refractivity contribution is 6.18. The fourth-order valence-electron chi connectivity index (χ4n) is 6.88. The molecular formula is C42H27N. The molecule has 0 aromatic heterocycles. The molecule has 0 aliphatic carbocycles. The third-order valence-corrected chi connectivity index (χ3v) is 8.95. The summed E-state index contributed by atoms with van der Waals surface area (Å²) in [4.78, 5) is 2.44. The topological polar surface area (TPSA) is 3.24 Å². The second-order valence-electron chi connectivity index (χ2n) is 11.4. The van der Waals surface area contributed by atoms with E-state index in [-0.39, 0.29) is 0 Å². The van der Waals surface area contributed by atoms with E-state index in [2.05, 4.69) is 169 Å². The number of rotatable bonds is 3. The Hall–Kier alpha value is -5.66. The van der Waals surface area contributed by atoms with Gasteiger partial charge in [-0.05, 0) is 91.1 Å². The van der Waals surface area contributed by atoms with Crippen molar-refractivity contribution >= 4 is 49.4 Å². The van der Waals surface area contributed by atoms with Crippen molar-refractivity contribution in [1.29, 1.82) is 0 Å². The molecule has 1 heterocycles. The van der Waals surface area contributed by atoms with Gasteiger partial charge in [-0.2, -0.15) is 0 Å². The van der Waals surface area contributed by atoms with Gasteiger partial charge in [0.1, 0.15) is 0 Å². The highest BCUT2D eigenvalue weighted by atomic mass is 15.2. The van der Waals surface area contributed by atoms with Gasteiger partial charge >= 0.3 is 0 Å². The highest BCUT2D eigenvalue weighted by Crippen LogP contribution is 2.53. The third kappa shape index (κ3) is 3.79. The molecule has 0 saturated heterocycles. The Morgan fingerprint density at radius 1 is 0.326 bits per heavy atom. The van der Waals surface area contributed by atoms with Gasteiger partial charge in [-0.25, -0.2) is 0 Å². The lowest BCUT2D eigenvalue weighted by atomic mass is 9.86. The summed E-state index contributed by atoms with van der Waals surface area (Å²) in [5.74, 6) is 0. The molecule has 0 N–H and O–H groups in total. The van der Waals surface area contributed by atoms with Crippen LogP contribution < -0.4 is 4.90 Å². The van der Waals surface area contributed by atoms with E-state index < -0.39 is 0 Å². The molecule has 0 unspecified atom stereocenters. The van der Waals surface area contributed by atoms with Crippen molar-refractivity contribution in [2.24, 2.45) is 0 Å². The van der Waals surface area contributed by atoms with Crippen molar-refractivity contribution in [2.45, 2.75) is 0 Å². The second kappa shape index (κ2) is 9.44. The van der Waals surface area contributed by atoms with Crippen LogP contribution in [0.4, 0.5) is 17.1 Å². The van der Waals surface area contributed by atoms with E-state index in [0.29, 0.717) is 0 Å². The summed E-state index contributed by atoms with van der Waals surface area (Å²) in [5, 5.41) is 7.61. The maximum Gasteiger partial charge on any atom is 0.0546 e. The monoisotopic (exact) mass is 545 g/mol. The molecule has 1 nitrogen and oxygen atoms in total. The molecule has 0 spiro atoms. The molecule has 8 aromatic carbocycles. The van der Waals surface area contributed by atoms with E-state index >= 15 is 0 Å². The zero-order chi connectivity index (χ0) is 28.3. The summed E-state index contributed by atoms with van der Waals surface area (Å²) >= 11 is 0. The second-order valence-corrected chi connectivity index (χ2v) is 11.4. The molecule has 1 aliphatic rings. The van der Waals surface area contributed by atoms with Gasteiger partial charge in [-0.15, -0.1) is 0 Å². The Morgan fingerprint density at radius 3 is 1.67 bits per heavy atom. The molecule has 1 heteroatoms. The van der Waals surface area contributed by atoms with Crippen LogP contribution in [-0.4, -0.2) is 0 Å². The van der Waals surface area contributed by atoms with Gasteiger partial charge in [0.15, 0.2) is 0 Å². The van der Waals surface area contributed by atoms with Gasteiger partial charge < -0.3 is 4.90 Å². The first-order valence-electron chi connectivity index (χ1n) is 14.9. The first-order valence-corrected chi connectivity index (χ1v) is 14.9. The molecular weight excluding hydrogens is 518 g/mol. The number of anilines is 3. The molecule has 0 saturated carbocycles. The number of hydrogen-bond acceptors (Lipinski definition) is 1. The smallest absolute Gasteiger partial charge is 0.0546 e. The lowest BCUT2D eigenvalue weighted by Gasteiger charge is -2.34. The van der Waals surface area contributed by atoms with Crippen LogP contribution in [0.1, 0.15) is 0 Å². The average Bonchev–Trinajstić information content (AvgIpc) is 3.08. The summed E-state index contributed by atoms with van der Waals surface area (Å²) in [6.07, 6.45) is 0. The van der Waals surface area contributed by atoms with Crippen LogP contribution in [-0.2, 0) is 0 Å². The number of hydrogen-bond donors (Lipinski definition) is 0. The highest BCUT2D eigenvalue weighted by Gasteiger charge is 2.27. The van der Waals surface area contributed by atoms with Crippen molar-refractivity contribution in [2.75, 3.05) is 4.90 Å². The van der Waals surface area contributed by atoms with Gasteiger partial charge in [0.2, 0.25) is 0 Å². The summed E-state index contributed by atoms with van der Waals surface area (Å²) < 4.78 is 0. The molecule has 0 radical (unpaired) electrons. The molecule has 9 rings (SSSR count). The lowest BCUT2D eigenvalue weighted by Crippen LogP contribution is -2.15. The minimum atomic E-state index is 1.16. The number of benzene rings is 8. The summed E-state index contributed by atoms with van der Waals surface area (Å²) in [6.45, 7) is 0. The molecule has 0 atom stereocenters. The minimum Gasteiger partial charge on any atom is -0.309 e. The molecule has 1 aliphatic heterocycles. The molecule has 0 bridgehead atoms. The fraction of sp³-hybridized carbons (Fsp3) is 0. The van der Waals surface area contributed by atoms with E-state index in [4.69, 9.17) is 0 Å². The van der Waals surface area contributed by atoms with Crippen LogP contribution in [0.2, 0.25) is 0 Å². The van der Waals surface area contributed by atoms with Crippen molar-refractivity contribution in [3.05, 3.63) is 164 Å². The number of nitrogens with zero attached hydrogens (tertiary/aromatic N) is 1. The quantitative estimate of drug-likeness (QED) is 0.213. The van der Waals surface area contributed by atoms with Crippen LogP contribution >= 0.6 is 0 Å². The molecule has 0 fully saturated rings. The first kappa shape index (κ1) is 24.0. The molecule has 8 aromatic rings. The van der Waals surface area contributed by atoms with Crippen molar-refractivity contribution in [3.8, 4) is 33.4 Å². The van der Waals surface area contributed by atoms with E-state index in [0.717, 1.165) is 5.69 Å². The first-order chi connectivity index (χ1) is 21.3. The van der Waals surface area contributed by atoms with Crippen molar-refractivity contribution in [3.63, 3.8) is 0 Å². The molecule has 0 amide bonds. The maximum absolute atomic E-state index is 2.44. The summed E-state index contributed by atoms with van der Waals surface area (Å²) in [5.41, 5.74) is 11.1. The number of fused-ring (bicyclic) bond motifs is 4. The largest absolute Gasteiger partial charge is 0.309 e. The SMILES string of the molecule is c1ccc(N2c3cc(-c4ccc5ccccc5c4)ccc3-c3ccc(-c4ccc5ccccc5c4)c4cccc2c34)cc1. The van der Waals surface area contributed by atoms with Crippen LogP contribution in [0.15, 0.2) is 164 Å². The Bertz CT molecular complexity index is 2350. The van der Waals surface area contributed by atoms with Crippen LogP contribution in [0, 0.1) is 0 Å². The van der Waals surface area contributed by atoms with E-state index in [1.807, 2.05) is 0 Å². The van der Waals surface area contributed by atoms with Gasteiger partial charge in [-0.1, -0.05) is 127 Å². The van der Waals surface area contributed by atoms with E-state index in [9.17, 15) is 0 Å². The number of para-hydroxylation sites is 1. The van der Waals surface area contributed by atoms with Gasteiger partial charge in [0, 0.05) is 16.6 Å². The van der Waals surface area contributed by atoms with Crippen molar-refractivity contribution in [1.82, 2.24) is 0 Å². The average molecular weight is 546 g/mol.